The number of allylic oxidation sites excluding steroid dienone is 1. The quantitative estimate of drug-likeness (QED) is 0.470. The zero-order chi connectivity index (χ0) is 20.1. The Bertz CT molecular complexity index is 956. The van der Waals surface area contributed by atoms with Crippen molar-refractivity contribution in [2.75, 3.05) is 0 Å². The summed E-state index contributed by atoms with van der Waals surface area (Å²) in [5.74, 6) is 0.182. The number of aliphatic hydroxyl groups is 2. The molecule has 0 spiro atoms. The average molecular weight is 378 g/mol. The lowest BCUT2D eigenvalue weighted by atomic mass is 9.90. The van der Waals surface area contributed by atoms with Gasteiger partial charge in [0.05, 0.1) is 12.4 Å². The molecule has 0 saturated heterocycles. The second kappa shape index (κ2) is 8.91. The van der Waals surface area contributed by atoms with Gasteiger partial charge in [0.25, 0.3) is 0 Å². The minimum atomic E-state index is -0.923. The molecule has 0 fully saturated rings. The van der Waals surface area contributed by atoms with Gasteiger partial charge in [-0.15, -0.1) is 6.58 Å². The Kier molecular flexibility index (Phi) is 6.34. The lowest BCUT2D eigenvalue weighted by Crippen LogP contribution is -2.24. The molecule has 0 aliphatic rings. The van der Waals surface area contributed by atoms with Crippen molar-refractivity contribution in [1.29, 1.82) is 0 Å². The second-order valence-electron chi connectivity index (χ2n) is 7.09. The van der Waals surface area contributed by atoms with Gasteiger partial charge in [0, 0.05) is 11.3 Å². The van der Waals surface area contributed by atoms with Gasteiger partial charge in [-0.3, -0.25) is 0 Å². The standard InChI is InChI=1S/C24H26O4/c1-3-18(24(27)23-9-6-14-28-23)21(25)12-10-16(2)15-17-11-13-22(26)20-8-5-4-7-19(17)20/h3-9,11,13-15,18,21,24-27H,1,10,12H2,2H3/b16-15+/t18-,21-,24+/m1/s1. The number of hydrogen-bond acceptors (Lipinski definition) is 4. The predicted octanol–water partition coefficient (Wildman–Crippen LogP) is 5.22. The van der Waals surface area contributed by atoms with E-state index in [4.69, 9.17) is 4.42 Å². The van der Waals surface area contributed by atoms with Crippen LogP contribution in [0.3, 0.4) is 0 Å². The Morgan fingerprint density at radius 1 is 1.07 bits per heavy atom. The Hall–Kier alpha value is -2.82. The molecule has 0 radical (unpaired) electrons. The molecule has 0 unspecified atom stereocenters. The fourth-order valence-electron chi connectivity index (χ4n) is 3.48. The van der Waals surface area contributed by atoms with Crippen molar-refractivity contribution < 1.29 is 19.7 Å². The van der Waals surface area contributed by atoms with Crippen LogP contribution < -0.4 is 0 Å². The lowest BCUT2D eigenvalue weighted by Gasteiger charge is -2.23. The van der Waals surface area contributed by atoms with Crippen molar-refractivity contribution in [2.24, 2.45) is 5.92 Å². The molecule has 0 saturated carbocycles. The Labute approximate surface area is 165 Å². The molecular weight excluding hydrogens is 352 g/mol. The van der Waals surface area contributed by atoms with Crippen LogP contribution in [-0.2, 0) is 0 Å². The van der Waals surface area contributed by atoms with E-state index in [1.807, 2.05) is 37.3 Å². The van der Waals surface area contributed by atoms with Gasteiger partial charge in [-0.05, 0) is 48.9 Å². The molecule has 3 rings (SSSR count). The van der Waals surface area contributed by atoms with Crippen molar-refractivity contribution >= 4 is 16.8 Å². The number of aromatic hydroxyl groups is 1. The SMILES string of the molecule is C=C[C@H]([C@H](O)CC/C(C)=C/c1ccc(O)c2ccccc12)[C@H](O)c1ccco1. The van der Waals surface area contributed by atoms with Gasteiger partial charge in [-0.25, -0.2) is 0 Å². The number of furan rings is 1. The average Bonchev–Trinajstić information content (AvgIpc) is 3.24. The second-order valence-corrected chi connectivity index (χ2v) is 7.09. The molecule has 3 atom stereocenters. The zero-order valence-electron chi connectivity index (χ0n) is 16.0. The van der Waals surface area contributed by atoms with Crippen LogP contribution in [0.5, 0.6) is 5.75 Å². The molecule has 3 aromatic rings. The van der Waals surface area contributed by atoms with Gasteiger partial charge in [-0.2, -0.15) is 0 Å². The Morgan fingerprint density at radius 2 is 1.82 bits per heavy atom. The third-order valence-corrected chi connectivity index (χ3v) is 5.09. The fraction of sp³-hybridized carbons (Fsp3) is 0.250. The molecule has 0 aliphatic heterocycles. The summed E-state index contributed by atoms with van der Waals surface area (Å²) >= 11 is 0. The van der Waals surface area contributed by atoms with Gasteiger partial charge in [0.15, 0.2) is 0 Å². The summed E-state index contributed by atoms with van der Waals surface area (Å²) in [7, 11) is 0. The molecule has 3 N–H and O–H groups in total. The first-order valence-electron chi connectivity index (χ1n) is 9.41. The van der Waals surface area contributed by atoms with E-state index in [-0.39, 0.29) is 5.75 Å². The van der Waals surface area contributed by atoms with Crippen LogP contribution in [0.15, 0.2) is 77.4 Å². The highest BCUT2D eigenvalue weighted by atomic mass is 16.4. The first kappa shape index (κ1) is 19.9. The van der Waals surface area contributed by atoms with E-state index < -0.39 is 18.1 Å². The van der Waals surface area contributed by atoms with Crippen molar-refractivity contribution in [3.8, 4) is 5.75 Å². The van der Waals surface area contributed by atoms with Gasteiger partial charge in [0.1, 0.15) is 17.6 Å². The molecule has 4 nitrogen and oxygen atoms in total. The molecule has 28 heavy (non-hydrogen) atoms. The van der Waals surface area contributed by atoms with Crippen LogP contribution in [0.1, 0.15) is 37.2 Å². The van der Waals surface area contributed by atoms with Crippen molar-refractivity contribution in [3.05, 3.63) is 84.3 Å². The molecular formula is C24H26O4. The largest absolute Gasteiger partial charge is 0.507 e. The number of aliphatic hydroxyl groups excluding tert-OH is 2. The number of phenols is 1. The number of fused-ring (bicyclic) bond motifs is 1. The first-order chi connectivity index (χ1) is 13.5. The fourth-order valence-corrected chi connectivity index (χ4v) is 3.48. The summed E-state index contributed by atoms with van der Waals surface area (Å²) < 4.78 is 5.24. The molecule has 0 aliphatic carbocycles. The van der Waals surface area contributed by atoms with Crippen molar-refractivity contribution in [2.45, 2.75) is 32.0 Å². The van der Waals surface area contributed by atoms with Crippen LogP contribution in [0.25, 0.3) is 16.8 Å². The minimum Gasteiger partial charge on any atom is -0.507 e. The third kappa shape index (κ3) is 4.35. The number of hydrogen-bond donors (Lipinski definition) is 3. The molecule has 4 heteroatoms. The molecule has 0 bridgehead atoms. The maximum Gasteiger partial charge on any atom is 0.132 e. The zero-order valence-corrected chi connectivity index (χ0v) is 16.0. The van der Waals surface area contributed by atoms with E-state index in [1.54, 1.807) is 24.3 Å². The van der Waals surface area contributed by atoms with E-state index in [9.17, 15) is 15.3 Å². The van der Waals surface area contributed by atoms with E-state index in [0.717, 1.165) is 21.9 Å². The van der Waals surface area contributed by atoms with Gasteiger partial charge < -0.3 is 19.7 Å². The van der Waals surface area contributed by atoms with Gasteiger partial charge in [0.2, 0.25) is 0 Å². The molecule has 2 aromatic carbocycles. The number of benzene rings is 2. The van der Waals surface area contributed by atoms with Gasteiger partial charge >= 0.3 is 0 Å². The minimum absolute atomic E-state index is 0.265. The van der Waals surface area contributed by atoms with Crippen LogP contribution in [0.2, 0.25) is 0 Å². The summed E-state index contributed by atoms with van der Waals surface area (Å²) in [5, 5.41) is 32.8. The molecule has 0 amide bonds. The lowest BCUT2D eigenvalue weighted by molar-refractivity contribution is 0.0208. The highest BCUT2D eigenvalue weighted by Gasteiger charge is 2.27. The number of phenolic OH excluding ortho intramolecular Hbond substituents is 1. The van der Waals surface area contributed by atoms with Crippen LogP contribution in [0.4, 0.5) is 0 Å². The summed E-state index contributed by atoms with van der Waals surface area (Å²) in [4.78, 5) is 0. The normalized spacial score (nSPS) is 15.3. The van der Waals surface area contributed by atoms with E-state index in [0.29, 0.717) is 18.6 Å². The molecule has 1 heterocycles. The van der Waals surface area contributed by atoms with E-state index in [2.05, 4.69) is 12.7 Å². The summed E-state index contributed by atoms with van der Waals surface area (Å²) in [5.41, 5.74) is 2.13. The summed E-state index contributed by atoms with van der Waals surface area (Å²) in [6.07, 6.45) is 4.65. The number of rotatable bonds is 8. The Morgan fingerprint density at radius 3 is 2.50 bits per heavy atom. The van der Waals surface area contributed by atoms with Gasteiger partial charge in [-0.1, -0.05) is 48.1 Å². The smallest absolute Gasteiger partial charge is 0.132 e. The molecule has 1 aromatic heterocycles. The maximum atomic E-state index is 10.6. The maximum absolute atomic E-state index is 10.6. The molecule has 146 valence electrons. The van der Waals surface area contributed by atoms with Crippen LogP contribution in [-0.4, -0.2) is 21.4 Å². The summed E-state index contributed by atoms with van der Waals surface area (Å²) in [6.45, 7) is 5.76. The van der Waals surface area contributed by atoms with E-state index >= 15 is 0 Å². The predicted molar refractivity (Wildman–Crippen MR) is 112 cm³/mol. The van der Waals surface area contributed by atoms with E-state index in [1.165, 1.54) is 6.26 Å². The van der Waals surface area contributed by atoms with Crippen molar-refractivity contribution in [3.63, 3.8) is 0 Å². The van der Waals surface area contributed by atoms with Crippen LogP contribution in [0, 0.1) is 5.92 Å². The Balaban J connectivity index is 1.70. The van der Waals surface area contributed by atoms with Crippen LogP contribution >= 0.6 is 0 Å². The topological polar surface area (TPSA) is 73.8 Å². The monoisotopic (exact) mass is 378 g/mol. The highest BCUT2D eigenvalue weighted by Crippen LogP contribution is 2.31. The third-order valence-electron chi connectivity index (χ3n) is 5.09. The van der Waals surface area contributed by atoms with Crippen molar-refractivity contribution in [1.82, 2.24) is 0 Å². The first-order valence-corrected chi connectivity index (χ1v) is 9.41. The summed E-state index contributed by atoms with van der Waals surface area (Å²) in [6, 6.07) is 14.7. The highest BCUT2D eigenvalue weighted by molar-refractivity contribution is 5.94.